The fourth-order valence-corrected chi connectivity index (χ4v) is 2.75. The molecule has 0 aliphatic carbocycles. The van der Waals surface area contributed by atoms with E-state index in [1.807, 2.05) is 43.3 Å². The van der Waals surface area contributed by atoms with Gasteiger partial charge in [-0.3, -0.25) is 4.79 Å². The van der Waals surface area contributed by atoms with Crippen LogP contribution in [0.2, 0.25) is 0 Å². The largest absolute Gasteiger partial charge is 0.482 e. The molecule has 0 unspecified atom stereocenters. The van der Waals surface area contributed by atoms with E-state index in [0.29, 0.717) is 23.3 Å². The summed E-state index contributed by atoms with van der Waals surface area (Å²) >= 11 is 1.42. The normalized spacial score (nSPS) is 10.5. The molecule has 2 heterocycles. The maximum absolute atomic E-state index is 12.1. The van der Waals surface area contributed by atoms with E-state index >= 15 is 0 Å². The summed E-state index contributed by atoms with van der Waals surface area (Å²) in [5.41, 5.74) is 1.70. The topological polar surface area (TPSA) is 65.2 Å². The van der Waals surface area contributed by atoms with Crippen LogP contribution in [-0.2, 0) is 12.4 Å². The van der Waals surface area contributed by atoms with Gasteiger partial charge >= 0.3 is 0 Å². The quantitative estimate of drug-likeness (QED) is 0.504. The van der Waals surface area contributed by atoms with Crippen molar-refractivity contribution in [2.75, 3.05) is 0 Å². The van der Waals surface area contributed by atoms with Crippen LogP contribution < -0.4 is 10.2 Å². The van der Waals surface area contributed by atoms with Crippen LogP contribution in [0.25, 0.3) is 0 Å². The lowest BCUT2D eigenvalue weighted by molar-refractivity contribution is 0.290. The van der Waals surface area contributed by atoms with Crippen LogP contribution in [0, 0.1) is 6.92 Å². The molecule has 3 aromatic rings. The number of nitrogens with zero attached hydrogens (tertiary/aromatic N) is 2. The van der Waals surface area contributed by atoms with Crippen molar-refractivity contribution >= 4 is 11.8 Å². The number of hydrogen-bond donors (Lipinski definition) is 0. The average Bonchev–Trinajstić information content (AvgIpc) is 2.60. The first kappa shape index (κ1) is 16.3. The smallest absolute Gasteiger partial charge is 0.227 e. The summed E-state index contributed by atoms with van der Waals surface area (Å²) < 4.78 is 11.0. The Morgan fingerprint density at radius 2 is 2.04 bits per heavy atom. The Balaban J connectivity index is 1.61. The average molecular weight is 340 g/mol. The van der Waals surface area contributed by atoms with Gasteiger partial charge in [0.05, 0.1) is 5.75 Å². The van der Waals surface area contributed by atoms with Crippen molar-refractivity contribution in [3.05, 3.63) is 82.2 Å². The van der Waals surface area contributed by atoms with Crippen LogP contribution in [-0.4, -0.2) is 9.97 Å². The van der Waals surface area contributed by atoms with Crippen LogP contribution >= 0.6 is 11.8 Å². The number of rotatable bonds is 6. The Labute approximate surface area is 143 Å². The van der Waals surface area contributed by atoms with Crippen LogP contribution in [0.3, 0.4) is 0 Å². The number of aryl methyl sites for hydroxylation is 1. The van der Waals surface area contributed by atoms with Gasteiger partial charge in [0.2, 0.25) is 11.2 Å². The third-order valence-electron chi connectivity index (χ3n) is 3.21. The molecule has 0 aliphatic rings. The Morgan fingerprint density at radius 3 is 2.79 bits per heavy atom. The zero-order chi connectivity index (χ0) is 16.8. The number of hydrogen-bond acceptors (Lipinski definition) is 6. The molecule has 0 spiro atoms. The second kappa shape index (κ2) is 7.79. The van der Waals surface area contributed by atoms with Crippen molar-refractivity contribution in [1.82, 2.24) is 9.97 Å². The molecular weight excluding hydrogens is 324 g/mol. The van der Waals surface area contributed by atoms with E-state index in [1.165, 1.54) is 24.1 Å². The summed E-state index contributed by atoms with van der Waals surface area (Å²) in [6.45, 7) is 2.24. The highest BCUT2D eigenvalue weighted by Crippen LogP contribution is 2.19. The lowest BCUT2D eigenvalue weighted by atomic mass is 10.2. The number of aromatic nitrogens is 2. The SMILES string of the molecule is Cc1ccnc(SCc2cc(=O)c(OCc3ccccc3)co2)n1. The maximum Gasteiger partial charge on any atom is 0.227 e. The molecular formula is C18H16N2O3S. The maximum atomic E-state index is 12.1. The van der Waals surface area contributed by atoms with E-state index in [2.05, 4.69) is 9.97 Å². The van der Waals surface area contributed by atoms with Crippen LogP contribution in [0.15, 0.2) is 69.3 Å². The number of thioether (sulfide) groups is 1. The Morgan fingerprint density at radius 1 is 1.21 bits per heavy atom. The van der Waals surface area contributed by atoms with Gasteiger partial charge < -0.3 is 9.15 Å². The van der Waals surface area contributed by atoms with Crippen LogP contribution in [0.4, 0.5) is 0 Å². The summed E-state index contributed by atoms with van der Waals surface area (Å²) in [5, 5.41) is 0.655. The van der Waals surface area contributed by atoms with Crippen molar-refractivity contribution in [3.8, 4) is 5.75 Å². The van der Waals surface area contributed by atoms with Gasteiger partial charge in [0.15, 0.2) is 5.16 Å². The third kappa shape index (κ3) is 4.45. The fraction of sp³-hybridized carbons (Fsp3) is 0.167. The predicted octanol–water partition coefficient (Wildman–Crippen LogP) is 3.61. The van der Waals surface area contributed by atoms with Gasteiger partial charge in [-0.15, -0.1) is 0 Å². The molecule has 0 radical (unpaired) electrons. The molecule has 24 heavy (non-hydrogen) atoms. The van der Waals surface area contributed by atoms with E-state index < -0.39 is 0 Å². The second-order valence-corrected chi connectivity index (χ2v) is 6.06. The standard InChI is InChI=1S/C18H16N2O3S/c1-13-7-8-19-18(20-13)24-12-15-9-16(21)17(11-22-15)23-10-14-5-3-2-4-6-14/h2-9,11H,10,12H2,1H3. The third-order valence-corrected chi connectivity index (χ3v) is 4.09. The zero-order valence-electron chi connectivity index (χ0n) is 13.1. The minimum absolute atomic E-state index is 0.196. The fourth-order valence-electron chi connectivity index (χ4n) is 1.99. The first-order valence-electron chi connectivity index (χ1n) is 7.41. The van der Waals surface area contributed by atoms with E-state index in [1.54, 1.807) is 6.20 Å². The van der Waals surface area contributed by atoms with Gasteiger partial charge in [0, 0.05) is 18.0 Å². The van der Waals surface area contributed by atoms with Gasteiger partial charge in [-0.05, 0) is 18.6 Å². The molecule has 0 amide bonds. The molecule has 1 aromatic carbocycles. The van der Waals surface area contributed by atoms with Crippen molar-refractivity contribution in [3.63, 3.8) is 0 Å². The van der Waals surface area contributed by atoms with E-state index in [0.717, 1.165) is 11.3 Å². The second-order valence-electron chi connectivity index (χ2n) is 5.12. The van der Waals surface area contributed by atoms with Crippen molar-refractivity contribution in [2.24, 2.45) is 0 Å². The van der Waals surface area contributed by atoms with Gasteiger partial charge in [0.25, 0.3) is 0 Å². The minimum atomic E-state index is -0.196. The molecule has 5 nitrogen and oxygen atoms in total. The van der Waals surface area contributed by atoms with Crippen LogP contribution in [0.1, 0.15) is 17.0 Å². The first-order valence-corrected chi connectivity index (χ1v) is 8.40. The van der Waals surface area contributed by atoms with Gasteiger partial charge in [-0.2, -0.15) is 0 Å². The predicted molar refractivity (Wildman–Crippen MR) is 92.1 cm³/mol. The molecule has 0 N–H and O–H groups in total. The lowest BCUT2D eigenvalue weighted by Crippen LogP contribution is -2.07. The highest BCUT2D eigenvalue weighted by Gasteiger charge is 2.07. The van der Waals surface area contributed by atoms with Crippen LogP contribution in [0.5, 0.6) is 5.75 Å². The molecule has 0 bridgehead atoms. The van der Waals surface area contributed by atoms with Gasteiger partial charge in [-0.1, -0.05) is 42.1 Å². The summed E-state index contributed by atoms with van der Waals surface area (Å²) in [4.78, 5) is 20.6. The monoisotopic (exact) mass is 340 g/mol. The minimum Gasteiger partial charge on any atom is -0.482 e. The molecule has 0 saturated carbocycles. The van der Waals surface area contributed by atoms with Crippen molar-refractivity contribution < 1.29 is 9.15 Å². The number of ether oxygens (including phenoxy) is 1. The summed E-state index contributed by atoms with van der Waals surface area (Å²) in [6.07, 6.45) is 3.07. The molecule has 122 valence electrons. The van der Waals surface area contributed by atoms with Crippen molar-refractivity contribution in [1.29, 1.82) is 0 Å². The zero-order valence-corrected chi connectivity index (χ0v) is 14.0. The van der Waals surface area contributed by atoms with E-state index in [-0.39, 0.29) is 11.2 Å². The Kier molecular flexibility index (Phi) is 5.28. The summed E-state index contributed by atoms with van der Waals surface area (Å²) in [7, 11) is 0. The first-order chi connectivity index (χ1) is 11.7. The molecule has 6 heteroatoms. The molecule has 0 fully saturated rings. The number of benzene rings is 1. The van der Waals surface area contributed by atoms with Gasteiger partial charge in [-0.25, -0.2) is 9.97 Å². The molecule has 0 aliphatic heterocycles. The molecule has 0 atom stereocenters. The summed E-state index contributed by atoms with van der Waals surface area (Å²) in [6, 6.07) is 12.9. The molecule has 3 rings (SSSR count). The summed E-state index contributed by atoms with van der Waals surface area (Å²) in [5.74, 6) is 1.25. The Hall–Kier alpha value is -2.60. The van der Waals surface area contributed by atoms with E-state index in [9.17, 15) is 4.79 Å². The molecule has 2 aromatic heterocycles. The Bertz CT molecular complexity index is 865. The van der Waals surface area contributed by atoms with Gasteiger partial charge in [0.1, 0.15) is 18.6 Å². The highest BCUT2D eigenvalue weighted by atomic mass is 32.2. The molecule has 0 saturated heterocycles. The highest BCUT2D eigenvalue weighted by molar-refractivity contribution is 7.98. The lowest BCUT2D eigenvalue weighted by Gasteiger charge is -2.06. The van der Waals surface area contributed by atoms with Crippen molar-refractivity contribution in [2.45, 2.75) is 24.4 Å². The van der Waals surface area contributed by atoms with E-state index in [4.69, 9.17) is 9.15 Å².